The second kappa shape index (κ2) is 7.52. The molecule has 1 heterocycles. The van der Waals surface area contributed by atoms with Crippen LogP contribution in [0.25, 0.3) is 0 Å². The van der Waals surface area contributed by atoms with E-state index in [-0.39, 0.29) is 25.0 Å². The van der Waals surface area contributed by atoms with Crippen LogP contribution in [0.5, 0.6) is 5.75 Å². The van der Waals surface area contributed by atoms with Gasteiger partial charge in [-0.15, -0.1) is 0 Å². The van der Waals surface area contributed by atoms with Gasteiger partial charge in [0.2, 0.25) is 0 Å². The van der Waals surface area contributed by atoms with Crippen LogP contribution in [0.15, 0.2) is 48.5 Å². The third kappa shape index (κ3) is 3.38. The number of para-hydroxylation sites is 1. The van der Waals surface area contributed by atoms with Gasteiger partial charge in [-0.05, 0) is 41.5 Å². The van der Waals surface area contributed by atoms with Gasteiger partial charge in [0.15, 0.2) is 0 Å². The van der Waals surface area contributed by atoms with Gasteiger partial charge in [-0.2, -0.15) is 0 Å². The topological polar surface area (TPSA) is 78.9 Å². The number of rotatable bonds is 6. The second-order valence-electron chi connectivity index (χ2n) is 8.07. The highest BCUT2D eigenvalue weighted by Gasteiger charge is 2.55. The van der Waals surface area contributed by atoms with Gasteiger partial charge in [0.1, 0.15) is 24.0 Å². The molecule has 0 saturated carbocycles. The molecule has 1 aliphatic carbocycles. The van der Waals surface area contributed by atoms with Crippen molar-refractivity contribution in [2.75, 3.05) is 13.2 Å². The molecule has 2 N–H and O–H groups in total. The number of benzene rings is 2. The van der Waals surface area contributed by atoms with Crippen LogP contribution >= 0.6 is 0 Å². The van der Waals surface area contributed by atoms with Gasteiger partial charge in [-0.3, -0.25) is 9.69 Å². The lowest BCUT2D eigenvalue weighted by molar-refractivity contribution is -0.132. The number of aliphatic hydroxyl groups excluding tert-OH is 1. The van der Waals surface area contributed by atoms with Crippen LogP contribution in [0.2, 0.25) is 0 Å². The number of β-amino-alcohol motifs (C(OH)–C–C–N with tert-alkyl or cyclic N) is 1. The number of nitrogens with zero attached hydrogens (tertiary/aromatic N) is 1. The molecule has 152 valence electrons. The number of hydrogen-bond acceptors (Lipinski definition) is 4. The van der Waals surface area contributed by atoms with Gasteiger partial charge in [-0.1, -0.05) is 56.3 Å². The zero-order valence-corrected chi connectivity index (χ0v) is 16.7. The Morgan fingerprint density at radius 3 is 2.66 bits per heavy atom. The first-order valence-corrected chi connectivity index (χ1v) is 10.0. The molecule has 1 saturated heterocycles. The first-order chi connectivity index (χ1) is 13.9. The zero-order chi connectivity index (χ0) is 20.6. The second-order valence-corrected chi connectivity index (χ2v) is 8.07. The molecule has 2 aromatic rings. The Labute approximate surface area is 170 Å². The van der Waals surface area contributed by atoms with Crippen LogP contribution in [-0.4, -0.2) is 41.2 Å². The van der Waals surface area contributed by atoms with Crippen molar-refractivity contribution in [2.45, 2.75) is 44.2 Å². The Kier molecular flexibility index (Phi) is 5.04. The number of nitrogens with one attached hydrogen (secondary N) is 1. The lowest BCUT2D eigenvalue weighted by atomic mass is 9.92. The molecule has 2 aliphatic rings. The number of carbonyl (C=O) groups excluding carboxylic acids is 2. The molecular formula is C23H26N2O4. The average Bonchev–Trinajstić information content (AvgIpc) is 3.20. The minimum absolute atomic E-state index is 0.00435. The molecule has 1 spiro atoms. The van der Waals surface area contributed by atoms with E-state index in [4.69, 9.17) is 4.74 Å². The summed E-state index contributed by atoms with van der Waals surface area (Å²) in [6, 6.07) is 14.9. The summed E-state index contributed by atoms with van der Waals surface area (Å²) >= 11 is 0. The van der Waals surface area contributed by atoms with Crippen molar-refractivity contribution >= 4 is 11.9 Å². The van der Waals surface area contributed by atoms with E-state index in [1.165, 1.54) is 0 Å². The van der Waals surface area contributed by atoms with Crippen molar-refractivity contribution in [3.8, 4) is 5.75 Å². The molecular weight excluding hydrogens is 368 g/mol. The molecule has 4 rings (SSSR count). The normalized spacial score (nSPS) is 21.6. The van der Waals surface area contributed by atoms with Crippen molar-refractivity contribution in [3.05, 3.63) is 65.2 Å². The fraction of sp³-hybridized carbons (Fsp3) is 0.391. The maximum atomic E-state index is 13.1. The van der Waals surface area contributed by atoms with Crippen molar-refractivity contribution in [1.29, 1.82) is 0 Å². The van der Waals surface area contributed by atoms with Crippen LogP contribution in [0.4, 0.5) is 4.79 Å². The lowest BCUT2D eigenvalue weighted by Crippen LogP contribution is -2.43. The molecule has 3 amide bonds. The molecule has 29 heavy (non-hydrogen) atoms. The summed E-state index contributed by atoms with van der Waals surface area (Å²) in [4.78, 5) is 26.8. The third-order valence-corrected chi connectivity index (χ3v) is 5.79. The van der Waals surface area contributed by atoms with Gasteiger partial charge in [0.25, 0.3) is 5.91 Å². The number of fused-ring (bicyclic) bond motifs is 2. The van der Waals surface area contributed by atoms with Crippen LogP contribution in [0.3, 0.4) is 0 Å². The number of aryl methyl sites for hydroxylation is 1. The Morgan fingerprint density at radius 2 is 1.86 bits per heavy atom. The maximum absolute atomic E-state index is 13.1. The molecule has 2 aromatic carbocycles. The largest absolute Gasteiger partial charge is 0.491 e. The van der Waals surface area contributed by atoms with E-state index >= 15 is 0 Å². The number of ether oxygens (including phenoxy) is 1. The van der Waals surface area contributed by atoms with E-state index in [1.807, 2.05) is 48.5 Å². The summed E-state index contributed by atoms with van der Waals surface area (Å²) in [6.45, 7) is 4.05. The van der Waals surface area contributed by atoms with Crippen molar-refractivity contribution in [1.82, 2.24) is 10.2 Å². The van der Waals surface area contributed by atoms with Crippen molar-refractivity contribution in [2.24, 2.45) is 0 Å². The summed E-state index contributed by atoms with van der Waals surface area (Å²) in [5, 5.41) is 13.3. The van der Waals surface area contributed by atoms with E-state index in [0.29, 0.717) is 12.2 Å². The average molecular weight is 394 g/mol. The highest BCUT2D eigenvalue weighted by atomic mass is 16.5. The van der Waals surface area contributed by atoms with Crippen LogP contribution in [-0.2, 0) is 16.8 Å². The molecule has 0 radical (unpaired) electrons. The number of carbonyl (C=O) groups is 2. The Bertz CT molecular complexity index is 942. The van der Waals surface area contributed by atoms with Gasteiger partial charge in [0.05, 0.1) is 6.54 Å². The van der Waals surface area contributed by atoms with Gasteiger partial charge in [0, 0.05) is 0 Å². The summed E-state index contributed by atoms with van der Waals surface area (Å²) in [6.07, 6.45) is 0.312. The van der Waals surface area contributed by atoms with Gasteiger partial charge in [-0.25, -0.2) is 4.79 Å². The predicted octanol–water partition coefficient (Wildman–Crippen LogP) is 2.94. The highest BCUT2D eigenvalue weighted by Crippen LogP contribution is 2.41. The third-order valence-electron chi connectivity index (χ3n) is 5.79. The minimum Gasteiger partial charge on any atom is -0.491 e. The first-order valence-electron chi connectivity index (χ1n) is 10.0. The molecule has 2 atom stereocenters. The van der Waals surface area contributed by atoms with Gasteiger partial charge < -0.3 is 15.2 Å². The highest BCUT2D eigenvalue weighted by molar-refractivity contribution is 6.08. The first kappa shape index (κ1) is 19.5. The van der Waals surface area contributed by atoms with Crippen LogP contribution in [0, 0.1) is 0 Å². The fourth-order valence-corrected chi connectivity index (χ4v) is 4.29. The van der Waals surface area contributed by atoms with E-state index < -0.39 is 17.7 Å². The van der Waals surface area contributed by atoms with E-state index in [0.717, 1.165) is 28.0 Å². The van der Waals surface area contributed by atoms with Gasteiger partial charge >= 0.3 is 6.03 Å². The van der Waals surface area contributed by atoms with Crippen molar-refractivity contribution < 1.29 is 19.4 Å². The molecule has 0 unspecified atom stereocenters. The van der Waals surface area contributed by atoms with E-state index in [9.17, 15) is 14.7 Å². The number of amides is 3. The number of urea groups is 1. The molecule has 6 nitrogen and oxygen atoms in total. The minimum atomic E-state index is -1.00. The van der Waals surface area contributed by atoms with Crippen LogP contribution in [0.1, 0.15) is 42.9 Å². The standard InChI is InChI=1S/C23H26N2O4/c1-15(2)18-8-4-6-10-20(18)29-14-17(26)13-25-21(27)23(24-22(25)28)12-11-16-7-3-5-9-19(16)23/h3-10,15,17,26H,11-14H2,1-2H3,(H,24,28)/t17-,23+/m0/s1. The Balaban J connectivity index is 1.44. The number of hydrogen-bond donors (Lipinski definition) is 2. The van der Waals surface area contributed by atoms with E-state index in [2.05, 4.69) is 19.2 Å². The van der Waals surface area contributed by atoms with Crippen molar-refractivity contribution in [3.63, 3.8) is 0 Å². The Hall–Kier alpha value is -2.86. The summed E-state index contributed by atoms with van der Waals surface area (Å²) < 4.78 is 5.79. The number of imide groups is 1. The summed E-state index contributed by atoms with van der Waals surface area (Å²) in [5.41, 5.74) is 1.99. The quantitative estimate of drug-likeness (QED) is 0.739. The molecule has 6 heteroatoms. The lowest BCUT2D eigenvalue weighted by Gasteiger charge is -2.23. The Morgan fingerprint density at radius 1 is 1.14 bits per heavy atom. The molecule has 0 bridgehead atoms. The molecule has 1 fully saturated rings. The smallest absolute Gasteiger partial charge is 0.325 e. The zero-order valence-electron chi connectivity index (χ0n) is 16.7. The predicted molar refractivity (Wildman–Crippen MR) is 109 cm³/mol. The number of aliphatic hydroxyl groups is 1. The summed E-state index contributed by atoms with van der Waals surface area (Å²) in [5.74, 6) is 0.700. The SMILES string of the molecule is CC(C)c1ccccc1OC[C@@H](O)CN1C(=O)N[C@@]2(CCc3ccccc32)C1=O. The van der Waals surface area contributed by atoms with E-state index in [1.54, 1.807) is 0 Å². The fourth-order valence-electron chi connectivity index (χ4n) is 4.29. The van der Waals surface area contributed by atoms with Crippen LogP contribution < -0.4 is 10.1 Å². The maximum Gasteiger partial charge on any atom is 0.325 e. The monoisotopic (exact) mass is 394 g/mol. The molecule has 1 aliphatic heterocycles. The summed E-state index contributed by atoms with van der Waals surface area (Å²) in [7, 11) is 0. The molecule has 0 aromatic heterocycles.